The summed E-state index contributed by atoms with van der Waals surface area (Å²) in [4.78, 5) is 21.1. The van der Waals surface area contributed by atoms with E-state index in [4.69, 9.17) is 9.41 Å². The fraction of sp³-hybridized carbons (Fsp3) is 0.684. The highest BCUT2D eigenvalue weighted by Crippen LogP contribution is 2.21. The molecule has 0 radical (unpaired) electrons. The van der Waals surface area contributed by atoms with E-state index < -0.39 is 9.84 Å². The summed E-state index contributed by atoms with van der Waals surface area (Å²) in [5.41, 5.74) is -0.208. The number of aliphatic imine (C=N–C) groups is 1. The van der Waals surface area contributed by atoms with E-state index in [2.05, 4.69) is 10.2 Å². The first-order valence-corrected chi connectivity index (χ1v) is 11.7. The van der Waals surface area contributed by atoms with Crippen molar-refractivity contribution in [2.24, 2.45) is 10.4 Å². The highest BCUT2D eigenvalue weighted by atomic mass is 32.2. The van der Waals surface area contributed by atoms with Crippen LogP contribution in [0.4, 0.5) is 0 Å². The molecule has 1 saturated heterocycles. The second-order valence-corrected chi connectivity index (χ2v) is 10.2. The van der Waals surface area contributed by atoms with Gasteiger partial charge in [-0.05, 0) is 30.9 Å². The maximum Gasteiger partial charge on any atom is 0.289 e. The summed E-state index contributed by atoms with van der Waals surface area (Å²) in [5, 5.41) is 3.30. The highest BCUT2D eigenvalue weighted by molar-refractivity contribution is 7.90. The molecule has 0 aliphatic carbocycles. The summed E-state index contributed by atoms with van der Waals surface area (Å²) >= 11 is 0. The van der Waals surface area contributed by atoms with Crippen LogP contribution in [0.3, 0.4) is 0 Å². The van der Waals surface area contributed by atoms with Crippen molar-refractivity contribution >= 4 is 21.7 Å². The minimum Gasteiger partial charge on any atom is -0.459 e. The van der Waals surface area contributed by atoms with Crippen molar-refractivity contribution in [1.29, 1.82) is 0 Å². The lowest BCUT2D eigenvalue weighted by Crippen LogP contribution is -2.54. The lowest BCUT2D eigenvalue weighted by Gasteiger charge is -2.36. The van der Waals surface area contributed by atoms with Crippen LogP contribution in [0.25, 0.3) is 0 Å². The van der Waals surface area contributed by atoms with Crippen molar-refractivity contribution in [3.63, 3.8) is 0 Å². The van der Waals surface area contributed by atoms with Gasteiger partial charge < -0.3 is 19.5 Å². The molecule has 1 aromatic heterocycles. The Labute approximate surface area is 167 Å². The standard InChI is InChI=1S/C19H32N4O4S/c1-5-20-18(21-15-19(2,3)8-14-28(4,25)26)23-11-9-22(10-12-23)17(24)16-7-6-13-27-16/h6-7,13H,5,8-12,14-15H2,1-4H3,(H,20,21). The van der Waals surface area contributed by atoms with Gasteiger partial charge in [0, 0.05) is 45.5 Å². The van der Waals surface area contributed by atoms with Gasteiger partial charge in [0.05, 0.1) is 12.0 Å². The lowest BCUT2D eigenvalue weighted by molar-refractivity contribution is 0.0657. The molecule has 0 aromatic carbocycles. The number of piperazine rings is 1. The number of carbonyl (C=O) groups is 1. The van der Waals surface area contributed by atoms with Crippen LogP contribution in [0.5, 0.6) is 0 Å². The van der Waals surface area contributed by atoms with Gasteiger partial charge >= 0.3 is 0 Å². The predicted molar refractivity (Wildman–Crippen MR) is 110 cm³/mol. The van der Waals surface area contributed by atoms with Crippen LogP contribution in [0, 0.1) is 5.41 Å². The van der Waals surface area contributed by atoms with E-state index >= 15 is 0 Å². The molecule has 1 N–H and O–H groups in total. The molecule has 0 saturated carbocycles. The quantitative estimate of drug-likeness (QED) is 0.538. The summed E-state index contributed by atoms with van der Waals surface area (Å²) in [6, 6.07) is 3.39. The summed E-state index contributed by atoms with van der Waals surface area (Å²) in [6.07, 6.45) is 3.34. The Bertz CT molecular complexity index is 764. The molecule has 9 heteroatoms. The van der Waals surface area contributed by atoms with Crippen molar-refractivity contribution in [2.75, 3.05) is 51.3 Å². The molecule has 28 heavy (non-hydrogen) atoms. The van der Waals surface area contributed by atoms with E-state index in [1.54, 1.807) is 17.0 Å². The second-order valence-electron chi connectivity index (χ2n) is 7.97. The van der Waals surface area contributed by atoms with Crippen LogP contribution >= 0.6 is 0 Å². The topological polar surface area (TPSA) is 95.2 Å². The largest absolute Gasteiger partial charge is 0.459 e. The van der Waals surface area contributed by atoms with Gasteiger partial charge in [0.1, 0.15) is 9.84 Å². The van der Waals surface area contributed by atoms with Crippen LogP contribution in [-0.4, -0.2) is 81.4 Å². The maximum atomic E-state index is 12.4. The monoisotopic (exact) mass is 412 g/mol. The number of hydrogen-bond donors (Lipinski definition) is 1. The zero-order chi connectivity index (χ0) is 20.8. The number of nitrogens with zero attached hydrogens (tertiary/aromatic N) is 3. The Hall–Kier alpha value is -2.03. The first-order chi connectivity index (χ1) is 13.1. The van der Waals surface area contributed by atoms with E-state index in [9.17, 15) is 13.2 Å². The van der Waals surface area contributed by atoms with Gasteiger partial charge in [-0.1, -0.05) is 13.8 Å². The third-order valence-electron chi connectivity index (χ3n) is 4.74. The normalized spacial score (nSPS) is 16.4. The van der Waals surface area contributed by atoms with Crippen molar-refractivity contribution < 1.29 is 17.6 Å². The second kappa shape index (κ2) is 9.45. The van der Waals surface area contributed by atoms with Crippen LogP contribution in [0.1, 0.15) is 37.7 Å². The number of carbonyl (C=O) groups excluding carboxylic acids is 1. The van der Waals surface area contributed by atoms with Crippen LogP contribution in [0.2, 0.25) is 0 Å². The molecule has 0 spiro atoms. The molecule has 1 aliphatic heterocycles. The molecule has 158 valence electrons. The van der Waals surface area contributed by atoms with E-state index in [1.165, 1.54) is 12.5 Å². The highest BCUT2D eigenvalue weighted by Gasteiger charge is 2.26. The van der Waals surface area contributed by atoms with E-state index in [-0.39, 0.29) is 17.1 Å². The van der Waals surface area contributed by atoms with Gasteiger partial charge in [0.25, 0.3) is 5.91 Å². The average Bonchev–Trinajstić information content (AvgIpc) is 3.17. The maximum absolute atomic E-state index is 12.4. The first-order valence-electron chi connectivity index (χ1n) is 9.65. The smallest absolute Gasteiger partial charge is 0.289 e. The van der Waals surface area contributed by atoms with Gasteiger partial charge in [0.2, 0.25) is 0 Å². The molecular weight excluding hydrogens is 380 g/mol. The molecule has 1 aliphatic rings. The van der Waals surface area contributed by atoms with E-state index in [1.807, 2.05) is 20.8 Å². The van der Waals surface area contributed by atoms with Gasteiger partial charge in [-0.25, -0.2) is 8.42 Å². The van der Waals surface area contributed by atoms with Crippen molar-refractivity contribution in [3.8, 4) is 0 Å². The van der Waals surface area contributed by atoms with E-state index in [0.29, 0.717) is 44.9 Å². The van der Waals surface area contributed by atoms with Crippen LogP contribution in [-0.2, 0) is 9.84 Å². The third-order valence-corrected chi connectivity index (χ3v) is 5.69. The van der Waals surface area contributed by atoms with Gasteiger partial charge in [-0.15, -0.1) is 0 Å². The number of furan rings is 1. The number of hydrogen-bond acceptors (Lipinski definition) is 5. The summed E-state index contributed by atoms with van der Waals surface area (Å²) < 4.78 is 28.1. The van der Waals surface area contributed by atoms with Crippen molar-refractivity contribution in [2.45, 2.75) is 27.2 Å². The molecule has 8 nitrogen and oxygen atoms in total. The number of guanidine groups is 1. The molecule has 2 heterocycles. The Morgan fingerprint density at radius 3 is 2.43 bits per heavy atom. The first kappa shape index (κ1) is 22.3. The Morgan fingerprint density at radius 2 is 1.89 bits per heavy atom. The lowest BCUT2D eigenvalue weighted by atomic mass is 9.90. The number of sulfone groups is 1. The third kappa shape index (κ3) is 6.85. The molecular formula is C19H32N4O4S. The van der Waals surface area contributed by atoms with Crippen LogP contribution < -0.4 is 5.32 Å². The zero-order valence-corrected chi connectivity index (χ0v) is 18.1. The minimum absolute atomic E-state index is 0.0894. The Morgan fingerprint density at radius 1 is 1.25 bits per heavy atom. The molecule has 0 bridgehead atoms. The molecule has 1 amide bonds. The SMILES string of the molecule is CCNC(=NCC(C)(C)CCS(C)(=O)=O)N1CCN(C(=O)c2ccco2)CC1. The Kier molecular flexibility index (Phi) is 7.51. The minimum atomic E-state index is -2.98. The van der Waals surface area contributed by atoms with Gasteiger partial charge in [-0.2, -0.15) is 0 Å². The fourth-order valence-electron chi connectivity index (χ4n) is 2.93. The van der Waals surface area contributed by atoms with E-state index in [0.717, 1.165) is 12.5 Å². The van der Waals surface area contributed by atoms with Crippen molar-refractivity contribution in [1.82, 2.24) is 15.1 Å². The molecule has 1 fully saturated rings. The molecule has 0 unspecified atom stereocenters. The fourth-order valence-corrected chi connectivity index (χ4v) is 3.86. The van der Waals surface area contributed by atoms with Gasteiger partial charge in [0.15, 0.2) is 11.7 Å². The summed E-state index contributed by atoms with van der Waals surface area (Å²) in [7, 11) is -2.98. The number of amides is 1. The Balaban J connectivity index is 1.94. The summed E-state index contributed by atoms with van der Waals surface area (Å²) in [5.74, 6) is 1.25. The van der Waals surface area contributed by atoms with Gasteiger partial charge in [-0.3, -0.25) is 9.79 Å². The number of nitrogens with one attached hydrogen (secondary N) is 1. The molecule has 2 rings (SSSR count). The summed E-state index contributed by atoms with van der Waals surface area (Å²) in [6.45, 7) is 9.93. The molecule has 1 aromatic rings. The zero-order valence-electron chi connectivity index (χ0n) is 17.3. The molecule has 0 atom stereocenters. The average molecular weight is 413 g/mol. The van der Waals surface area contributed by atoms with Crippen molar-refractivity contribution in [3.05, 3.63) is 24.2 Å². The predicted octanol–water partition coefficient (Wildman–Crippen LogP) is 1.46. The van der Waals surface area contributed by atoms with Crippen LogP contribution in [0.15, 0.2) is 27.8 Å². The number of rotatable bonds is 7.